The summed E-state index contributed by atoms with van der Waals surface area (Å²) in [4.78, 5) is 41.5. The van der Waals surface area contributed by atoms with E-state index in [1.165, 1.54) is 5.38 Å². The Bertz CT molecular complexity index is 1190. The van der Waals surface area contributed by atoms with Gasteiger partial charge in [0.05, 0.1) is 29.2 Å². The number of carboxylic acid groups (broad SMARTS) is 1. The van der Waals surface area contributed by atoms with E-state index in [2.05, 4.69) is 15.5 Å². The maximum Gasteiger partial charge on any atom is 1.00 e. The van der Waals surface area contributed by atoms with Gasteiger partial charge in [-0.3, -0.25) is 14.5 Å². The van der Waals surface area contributed by atoms with Crippen LogP contribution in [0.1, 0.15) is 12.1 Å². The Hall–Kier alpha value is -2.16. The molecule has 0 bridgehead atoms. The number of fused-ring (bicyclic) bond motifs is 1. The number of nitrogens with zero attached hydrogens (tertiary/aromatic N) is 4. The quantitative estimate of drug-likeness (QED) is 0.0962. The van der Waals surface area contributed by atoms with Crippen LogP contribution < -0.4 is 45.7 Å². The first-order valence-electron chi connectivity index (χ1n) is 8.79. The zero-order valence-corrected chi connectivity index (χ0v) is 21.5. The van der Waals surface area contributed by atoms with Crippen LogP contribution in [0.3, 0.4) is 0 Å². The van der Waals surface area contributed by atoms with E-state index < -0.39 is 62.0 Å². The third-order valence-corrected chi connectivity index (χ3v) is 8.15. The third-order valence-electron chi connectivity index (χ3n) is 4.53. The molecule has 17 heteroatoms. The maximum absolute atomic E-state index is 12.6. The van der Waals surface area contributed by atoms with Gasteiger partial charge >= 0.3 is 29.6 Å². The molecule has 0 spiro atoms. The summed E-state index contributed by atoms with van der Waals surface area (Å²) in [7, 11) is -3.77. The second-order valence-corrected chi connectivity index (χ2v) is 10.8. The third kappa shape index (κ3) is 5.67. The van der Waals surface area contributed by atoms with E-state index in [-0.39, 0.29) is 58.1 Å². The number of aliphatic carboxylic acids is 1. The van der Waals surface area contributed by atoms with E-state index in [1.807, 2.05) is 0 Å². The fourth-order valence-electron chi connectivity index (χ4n) is 3.14. The number of carbonyl (C=O) groups is 3. The Morgan fingerprint density at radius 2 is 2.18 bits per heavy atom. The fraction of sp³-hybridized carbons (Fsp3) is 0.375. The number of hydrogen-bond acceptors (Lipinski definition) is 13. The molecule has 4 N–H and O–H groups in total. The molecule has 1 saturated heterocycles. The number of oxime groups is 1. The van der Waals surface area contributed by atoms with Crippen molar-refractivity contribution in [3.05, 3.63) is 22.3 Å². The number of hydrogen-bond donors (Lipinski definition) is 3. The van der Waals surface area contributed by atoms with E-state index in [0.29, 0.717) is 0 Å². The molecule has 0 aliphatic carbocycles. The van der Waals surface area contributed by atoms with Crippen LogP contribution in [0.4, 0.5) is 5.13 Å². The number of carboxylic acids is 1. The fourth-order valence-corrected chi connectivity index (χ4v) is 6.48. The van der Waals surface area contributed by atoms with Gasteiger partial charge in [0.2, 0.25) is 0 Å². The number of amides is 2. The first-order chi connectivity index (χ1) is 15.1. The molecular formula is C16H15N6NaO7S3. The summed E-state index contributed by atoms with van der Waals surface area (Å²) < 4.78 is 24.3. The number of aromatic nitrogens is 1. The first-order valence-corrected chi connectivity index (χ1v) is 12.5. The number of anilines is 1. The number of carbonyl (C=O) groups excluding carboxylic acids is 3. The Kier molecular flexibility index (Phi) is 8.90. The van der Waals surface area contributed by atoms with Gasteiger partial charge < -0.3 is 26.2 Å². The predicted molar refractivity (Wildman–Crippen MR) is 111 cm³/mol. The van der Waals surface area contributed by atoms with E-state index in [0.717, 1.165) is 28.0 Å². The average Bonchev–Trinajstić information content (AvgIpc) is 3.16. The molecule has 1 unspecified atom stereocenters. The van der Waals surface area contributed by atoms with Gasteiger partial charge in [-0.25, -0.2) is 13.4 Å². The number of sulfone groups is 1. The first kappa shape index (κ1) is 27.1. The van der Waals surface area contributed by atoms with Crippen LogP contribution in [0.2, 0.25) is 0 Å². The molecule has 3 heterocycles. The molecular weight excluding hydrogens is 507 g/mol. The van der Waals surface area contributed by atoms with Crippen molar-refractivity contribution in [2.45, 2.75) is 17.8 Å². The minimum absolute atomic E-state index is 0. The van der Waals surface area contributed by atoms with Crippen LogP contribution >= 0.6 is 23.1 Å². The van der Waals surface area contributed by atoms with Crippen LogP contribution in [0.5, 0.6) is 0 Å². The van der Waals surface area contributed by atoms with Crippen molar-refractivity contribution in [1.82, 2.24) is 15.2 Å². The summed E-state index contributed by atoms with van der Waals surface area (Å²) >= 11 is 2.06. The normalized spacial score (nSPS) is 20.3. The summed E-state index contributed by atoms with van der Waals surface area (Å²) in [6, 6.07) is 0.561. The van der Waals surface area contributed by atoms with Crippen molar-refractivity contribution < 1.29 is 62.7 Å². The van der Waals surface area contributed by atoms with Crippen molar-refractivity contribution >= 4 is 61.6 Å². The monoisotopic (exact) mass is 522 g/mol. The molecule has 170 valence electrons. The number of β-lactam (4-membered cyclic amide) rings is 1. The molecule has 1 fully saturated rings. The molecule has 33 heavy (non-hydrogen) atoms. The van der Waals surface area contributed by atoms with Crippen molar-refractivity contribution in [3.63, 3.8) is 0 Å². The van der Waals surface area contributed by atoms with E-state index >= 15 is 0 Å². The van der Waals surface area contributed by atoms with Crippen LogP contribution in [0, 0.1) is 11.3 Å². The summed E-state index contributed by atoms with van der Waals surface area (Å²) in [6.45, 7) is 0. The number of rotatable bonds is 8. The molecule has 2 aliphatic heterocycles. The van der Waals surface area contributed by atoms with Gasteiger partial charge in [0.1, 0.15) is 17.1 Å². The number of nitriles is 1. The molecule has 1 aromatic rings. The summed E-state index contributed by atoms with van der Waals surface area (Å²) in [5, 5.41) is 35.4. The number of nitrogens with one attached hydrogen (secondary N) is 1. The predicted octanol–water partition coefficient (Wildman–Crippen LogP) is -5.36. The second-order valence-electron chi connectivity index (χ2n) is 6.62. The molecule has 2 amide bonds. The largest absolute Gasteiger partial charge is 1.00 e. The molecule has 13 nitrogen and oxygen atoms in total. The molecule has 0 saturated carbocycles. The summed E-state index contributed by atoms with van der Waals surface area (Å²) in [5.41, 5.74) is 4.42. The second kappa shape index (κ2) is 10.8. The summed E-state index contributed by atoms with van der Waals surface area (Å²) in [5.74, 6) is -4.57. The van der Waals surface area contributed by atoms with Gasteiger partial charge in [0, 0.05) is 17.6 Å². The van der Waals surface area contributed by atoms with Gasteiger partial charge in [-0.1, -0.05) is 5.16 Å². The Balaban J connectivity index is 0.00000385. The Labute approximate surface area is 217 Å². The number of thiazole rings is 1. The zero-order valence-electron chi connectivity index (χ0n) is 17.0. The minimum Gasteiger partial charge on any atom is -0.543 e. The number of nitrogen functional groups attached to an aromatic ring is 1. The maximum atomic E-state index is 12.6. The van der Waals surface area contributed by atoms with Crippen molar-refractivity contribution in [3.8, 4) is 6.07 Å². The SMILES string of the molecule is N#CCCS(=O)(=O)CC1=C(C(=O)[O-])N2C(=O)C(NC(=O)/C(=N\O)c3csc(N)n3)[C@H]2SC1.[Na+]. The number of nitrogens with two attached hydrogens (primary N) is 1. The van der Waals surface area contributed by atoms with E-state index in [9.17, 15) is 27.9 Å². The van der Waals surface area contributed by atoms with Gasteiger partial charge in [0.25, 0.3) is 11.8 Å². The van der Waals surface area contributed by atoms with Crippen molar-refractivity contribution in [2.75, 3.05) is 23.0 Å². The summed E-state index contributed by atoms with van der Waals surface area (Å²) in [6.07, 6.45) is -0.248. The molecule has 1 aromatic heterocycles. The molecule has 0 radical (unpaired) electrons. The van der Waals surface area contributed by atoms with Crippen LogP contribution in [-0.4, -0.2) is 75.7 Å². The minimum atomic E-state index is -3.77. The van der Waals surface area contributed by atoms with Gasteiger partial charge in [-0.15, -0.1) is 23.1 Å². The van der Waals surface area contributed by atoms with Crippen molar-refractivity contribution in [1.29, 1.82) is 5.26 Å². The van der Waals surface area contributed by atoms with E-state index in [1.54, 1.807) is 6.07 Å². The van der Waals surface area contributed by atoms with Gasteiger partial charge in [-0.05, 0) is 5.57 Å². The Morgan fingerprint density at radius 1 is 1.48 bits per heavy atom. The molecule has 3 rings (SSSR count). The zero-order chi connectivity index (χ0) is 23.6. The van der Waals surface area contributed by atoms with Crippen LogP contribution in [0.25, 0.3) is 0 Å². The van der Waals surface area contributed by atoms with Crippen LogP contribution in [-0.2, 0) is 24.2 Å². The smallest absolute Gasteiger partial charge is 0.543 e. The Morgan fingerprint density at radius 3 is 2.73 bits per heavy atom. The van der Waals surface area contributed by atoms with Gasteiger partial charge in [0.15, 0.2) is 20.7 Å². The average molecular weight is 523 g/mol. The van der Waals surface area contributed by atoms with E-state index in [4.69, 9.17) is 16.2 Å². The van der Waals surface area contributed by atoms with Crippen LogP contribution in [0.15, 0.2) is 21.8 Å². The standard InChI is InChI=1S/C16H16N6O7S3.Na/c17-2-1-3-32(28,29)6-7-4-30-14-10(13(24)22(14)11(7)15(25)26)20-12(23)9(21-27)8-5-31-16(18)19-8;/h5,10,14,27H,1,3-4,6H2,(H2,18,19)(H,20,23)(H,25,26);/q;+1/p-1/b21-9-;/t10?,14-;/m1./s1. The topological polar surface area (TPSA) is 219 Å². The molecule has 0 aromatic carbocycles. The molecule has 2 aliphatic rings. The molecule has 2 atom stereocenters. The van der Waals surface area contributed by atoms with Crippen molar-refractivity contribution in [2.24, 2.45) is 5.16 Å². The number of thioether (sulfide) groups is 1. The van der Waals surface area contributed by atoms with Gasteiger partial charge in [-0.2, -0.15) is 5.26 Å².